The van der Waals surface area contributed by atoms with Crippen LogP contribution in [0, 0.1) is 0 Å². The zero-order valence-electron chi connectivity index (χ0n) is 7.99. The molecule has 0 fully saturated rings. The van der Waals surface area contributed by atoms with E-state index in [0.29, 0.717) is 10.0 Å². The molecular formula is C8H12ClN3OS. The number of rotatable bonds is 3. The fraction of sp³-hybridized carbons (Fsp3) is 0.500. The minimum atomic E-state index is -0.329. The van der Waals surface area contributed by atoms with Gasteiger partial charge in [0.1, 0.15) is 5.03 Å². The molecule has 0 atom stereocenters. The highest BCUT2D eigenvalue weighted by Gasteiger charge is 2.20. The number of halogens is 1. The summed E-state index contributed by atoms with van der Waals surface area (Å²) in [6.07, 6.45) is 1.46. The second-order valence-electron chi connectivity index (χ2n) is 3.40. The lowest BCUT2D eigenvalue weighted by atomic mass is 10.2. The third-order valence-electron chi connectivity index (χ3n) is 1.48. The van der Waals surface area contributed by atoms with Gasteiger partial charge in [0.2, 0.25) is 5.95 Å². The molecule has 1 heterocycles. The molecule has 1 aromatic heterocycles. The van der Waals surface area contributed by atoms with Crippen molar-refractivity contribution in [3.05, 3.63) is 11.2 Å². The summed E-state index contributed by atoms with van der Waals surface area (Å²) < 4.78 is -0.329. The van der Waals surface area contributed by atoms with Gasteiger partial charge in [-0.25, -0.2) is 9.97 Å². The summed E-state index contributed by atoms with van der Waals surface area (Å²) in [7, 11) is 0. The zero-order chi connectivity index (χ0) is 10.8. The molecule has 1 aromatic rings. The molecule has 14 heavy (non-hydrogen) atoms. The highest BCUT2D eigenvalue weighted by atomic mass is 35.5. The maximum absolute atomic E-state index is 9.08. The molecule has 0 bridgehead atoms. The number of nitrogens with two attached hydrogens (primary N) is 1. The van der Waals surface area contributed by atoms with Crippen LogP contribution in [0.1, 0.15) is 13.8 Å². The van der Waals surface area contributed by atoms with Crippen LogP contribution in [0.2, 0.25) is 5.02 Å². The number of anilines is 1. The molecule has 0 saturated carbocycles. The number of aliphatic hydroxyl groups is 1. The number of aliphatic hydroxyl groups excluding tert-OH is 1. The zero-order valence-corrected chi connectivity index (χ0v) is 9.56. The highest BCUT2D eigenvalue weighted by molar-refractivity contribution is 8.00. The average molecular weight is 234 g/mol. The molecule has 0 aliphatic rings. The predicted molar refractivity (Wildman–Crippen MR) is 58.5 cm³/mol. The van der Waals surface area contributed by atoms with Crippen molar-refractivity contribution in [2.24, 2.45) is 0 Å². The van der Waals surface area contributed by atoms with Gasteiger partial charge in [-0.2, -0.15) is 0 Å². The van der Waals surface area contributed by atoms with Crippen molar-refractivity contribution < 1.29 is 5.11 Å². The van der Waals surface area contributed by atoms with Crippen LogP contribution in [0.4, 0.5) is 5.95 Å². The van der Waals surface area contributed by atoms with Crippen LogP contribution in [0.3, 0.4) is 0 Å². The van der Waals surface area contributed by atoms with E-state index in [1.165, 1.54) is 18.0 Å². The first-order chi connectivity index (χ1) is 6.44. The summed E-state index contributed by atoms with van der Waals surface area (Å²) in [5.74, 6) is 0.186. The molecular weight excluding hydrogens is 222 g/mol. The van der Waals surface area contributed by atoms with E-state index in [1.54, 1.807) is 0 Å². The number of thioether (sulfide) groups is 1. The summed E-state index contributed by atoms with van der Waals surface area (Å²) in [6.45, 7) is 3.83. The summed E-state index contributed by atoms with van der Waals surface area (Å²) in [6, 6.07) is 0. The second kappa shape index (κ2) is 4.33. The SMILES string of the molecule is CC(C)(CO)Sc1nc(N)ncc1Cl. The topological polar surface area (TPSA) is 72.0 Å². The molecule has 0 radical (unpaired) electrons. The first kappa shape index (κ1) is 11.6. The molecule has 0 saturated heterocycles. The molecule has 4 nitrogen and oxygen atoms in total. The summed E-state index contributed by atoms with van der Waals surface area (Å²) >= 11 is 7.25. The van der Waals surface area contributed by atoms with Gasteiger partial charge in [0.15, 0.2) is 0 Å². The maximum Gasteiger partial charge on any atom is 0.221 e. The fourth-order valence-electron chi connectivity index (χ4n) is 0.730. The minimum Gasteiger partial charge on any atom is -0.395 e. The molecule has 0 amide bonds. The van der Waals surface area contributed by atoms with Gasteiger partial charge in [-0.1, -0.05) is 23.4 Å². The molecule has 0 aromatic carbocycles. The van der Waals surface area contributed by atoms with Gasteiger partial charge in [-0.3, -0.25) is 0 Å². The first-order valence-corrected chi connectivity index (χ1v) is 5.22. The molecule has 0 spiro atoms. The third kappa shape index (κ3) is 3.01. The van der Waals surface area contributed by atoms with Crippen molar-refractivity contribution in [3.8, 4) is 0 Å². The van der Waals surface area contributed by atoms with Crippen LogP contribution in [0.15, 0.2) is 11.2 Å². The van der Waals surface area contributed by atoms with Crippen LogP contribution < -0.4 is 5.73 Å². The molecule has 0 aliphatic heterocycles. The molecule has 0 unspecified atom stereocenters. The average Bonchev–Trinajstić information content (AvgIpc) is 2.11. The van der Waals surface area contributed by atoms with E-state index in [4.69, 9.17) is 22.4 Å². The Balaban J connectivity index is 2.91. The lowest BCUT2D eigenvalue weighted by Crippen LogP contribution is -2.20. The Morgan fingerprint density at radius 1 is 1.64 bits per heavy atom. The molecule has 78 valence electrons. The van der Waals surface area contributed by atoms with Gasteiger partial charge in [-0.15, -0.1) is 0 Å². The lowest BCUT2D eigenvalue weighted by molar-refractivity contribution is 0.265. The summed E-state index contributed by atoms with van der Waals surface area (Å²) in [5.41, 5.74) is 5.43. The number of nitrogens with zero attached hydrogens (tertiary/aromatic N) is 2. The van der Waals surface area contributed by atoms with Crippen LogP contribution in [0.25, 0.3) is 0 Å². The Bertz CT molecular complexity index is 332. The van der Waals surface area contributed by atoms with Gasteiger partial charge in [0.05, 0.1) is 17.8 Å². The number of hydrogen-bond donors (Lipinski definition) is 2. The van der Waals surface area contributed by atoms with E-state index in [9.17, 15) is 0 Å². The molecule has 6 heteroatoms. The smallest absolute Gasteiger partial charge is 0.221 e. The molecule has 0 aliphatic carbocycles. The van der Waals surface area contributed by atoms with Crippen molar-refractivity contribution in [1.82, 2.24) is 9.97 Å². The first-order valence-electron chi connectivity index (χ1n) is 4.02. The van der Waals surface area contributed by atoms with Gasteiger partial charge in [-0.05, 0) is 13.8 Å². The quantitative estimate of drug-likeness (QED) is 0.613. The fourth-order valence-corrected chi connectivity index (χ4v) is 1.81. The maximum atomic E-state index is 9.08. The van der Waals surface area contributed by atoms with Crippen LogP contribution >= 0.6 is 23.4 Å². The van der Waals surface area contributed by atoms with Crippen molar-refractivity contribution in [1.29, 1.82) is 0 Å². The van der Waals surface area contributed by atoms with Gasteiger partial charge in [0, 0.05) is 4.75 Å². The Labute approximate surface area is 91.9 Å². The number of aromatic nitrogens is 2. The second-order valence-corrected chi connectivity index (χ2v) is 5.50. The van der Waals surface area contributed by atoms with E-state index < -0.39 is 0 Å². The Morgan fingerprint density at radius 2 is 2.29 bits per heavy atom. The number of nitrogen functional groups attached to an aromatic ring is 1. The van der Waals surface area contributed by atoms with Crippen LogP contribution in [0.5, 0.6) is 0 Å². The van der Waals surface area contributed by atoms with Crippen LogP contribution in [-0.2, 0) is 0 Å². The van der Waals surface area contributed by atoms with Gasteiger partial charge >= 0.3 is 0 Å². The summed E-state index contributed by atoms with van der Waals surface area (Å²) in [5, 5.41) is 10.1. The Kier molecular flexibility index (Phi) is 3.58. The van der Waals surface area contributed by atoms with Crippen molar-refractivity contribution in [3.63, 3.8) is 0 Å². The molecule has 1 rings (SSSR count). The van der Waals surface area contributed by atoms with Gasteiger partial charge < -0.3 is 10.8 Å². The van der Waals surface area contributed by atoms with E-state index >= 15 is 0 Å². The third-order valence-corrected chi connectivity index (χ3v) is 3.06. The largest absolute Gasteiger partial charge is 0.395 e. The normalized spacial score (nSPS) is 11.7. The van der Waals surface area contributed by atoms with Crippen molar-refractivity contribution in [2.75, 3.05) is 12.3 Å². The van der Waals surface area contributed by atoms with Crippen LogP contribution in [-0.4, -0.2) is 26.4 Å². The van der Waals surface area contributed by atoms with E-state index in [1.807, 2.05) is 13.8 Å². The van der Waals surface area contributed by atoms with E-state index in [2.05, 4.69) is 9.97 Å². The van der Waals surface area contributed by atoms with Gasteiger partial charge in [0.25, 0.3) is 0 Å². The monoisotopic (exact) mass is 233 g/mol. The Morgan fingerprint density at radius 3 is 2.86 bits per heavy atom. The standard InChI is InChI=1S/C8H12ClN3OS/c1-8(2,4-13)14-6-5(9)3-11-7(10)12-6/h3,13H,4H2,1-2H3,(H2,10,11,12). The van der Waals surface area contributed by atoms with Crippen molar-refractivity contribution >= 4 is 29.3 Å². The lowest BCUT2D eigenvalue weighted by Gasteiger charge is -2.20. The Hall–Kier alpha value is -0.520. The van der Waals surface area contributed by atoms with E-state index in [-0.39, 0.29) is 17.3 Å². The van der Waals surface area contributed by atoms with E-state index in [0.717, 1.165) is 0 Å². The number of hydrogen-bond acceptors (Lipinski definition) is 5. The summed E-state index contributed by atoms with van der Waals surface area (Å²) in [4.78, 5) is 7.75. The van der Waals surface area contributed by atoms with Crippen molar-refractivity contribution in [2.45, 2.75) is 23.6 Å². The predicted octanol–water partition coefficient (Wildman–Crippen LogP) is 1.58. The highest BCUT2D eigenvalue weighted by Crippen LogP contribution is 2.34. The minimum absolute atomic E-state index is 0.0396. The molecule has 3 N–H and O–H groups in total.